The van der Waals surface area contributed by atoms with Crippen LogP contribution in [0.2, 0.25) is 0 Å². The summed E-state index contributed by atoms with van der Waals surface area (Å²) >= 11 is 4.03. The summed E-state index contributed by atoms with van der Waals surface area (Å²) in [6.07, 6.45) is 3.61. The van der Waals surface area contributed by atoms with E-state index in [0.717, 1.165) is 0 Å². The Morgan fingerprint density at radius 3 is 2.67 bits per heavy atom. The van der Waals surface area contributed by atoms with Gasteiger partial charge in [-0.1, -0.05) is 0 Å². The molecule has 0 aromatic carbocycles. The second-order valence-electron chi connectivity index (χ2n) is 3.61. The van der Waals surface area contributed by atoms with Crippen LogP contribution in [0.15, 0.2) is 17.2 Å². The lowest BCUT2D eigenvalue weighted by atomic mass is 10.4. The summed E-state index contributed by atoms with van der Waals surface area (Å²) in [7, 11) is 0. The van der Waals surface area contributed by atoms with E-state index in [-0.39, 0.29) is 11.7 Å². The number of nitrogens with zero attached hydrogens (tertiary/aromatic N) is 2. The third-order valence-electron chi connectivity index (χ3n) is 2.14. The van der Waals surface area contributed by atoms with Gasteiger partial charge in [-0.05, 0) is 13.8 Å². The molecule has 0 N–H and O–H groups in total. The van der Waals surface area contributed by atoms with Crippen molar-refractivity contribution in [1.29, 1.82) is 0 Å². The second-order valence-corrected chi connectivity index (χ2v) is 4.06. The molecule has 15 heavy (non-hydrogen) atoms. The highest BCUT2D eigenvalue weighted by atomic mass is 32.1. The molecule has 0 amide bonds. The van der Waals surface area contributed by atoms with Crippen molar-refractivity contribution in [1.82, 2.24) is 9.13 Å². The first-order chi connectivity index (χ1) is 7.16. The SMILES string of the molecule is CC(C)n1ccn(CCOCCS)c1=O. The van der Waals surface area contributed by atoms with Gasteiger partial charge in [0, 0.05) is 24.2 Å². The van der Waals surface area contributed by atoms with E-state index in [2.05, 4.69) is 12.6 Å². The van der Waals surface area contributed by atoms with Gasteiger partial charge in [-0.3, -0.25) is 9.13 Å². The summed E-state index contributed by atoms with van der Waals surface area (Å²) in [5.41, 5.74) is 0.0273. The van der Waals surface area contributed by atoms with Crippen LogP contribution in [-0.4, -0.2) is 28.1 Å². The van der Waals surface area contributed by atoms with E-state index in [1.165, 1.54) is 0 Å². The molecule has 0 aliphatic carbocycles. The molecule has 0 spiro atoms. The Morgan fingerprint density at radius 2 is 2.13 bits per heavy atom. The summed E-state index contributed by atoms with van der Waals surface area (Å²) in [5.74, 6) is 0.710. The first-order valence-corrected chi connectivity index (χ1v) is 5.76. The second kappa shape index (κ2) is 6.02. The smallest absolute Gasteiger partial charge is 0.328 e. The zero-order valence-electron chi connectivity index (χ0n) is 9.22. The van der Waals surface area contributed by atoms with E-state index in [1.807, 2.05) is 20.0 Å². The maximum absolute atomic E-state index is 11.7. The fourth-order valence-corrected chi connectivity index (χ4v) is 1.45. The molecule has 0 aliphatic heterocycles. The number of rotatable bonds is 6. The van der Waals surface area contributed by atoms with Crippen LogP contribution in [0.4, 0.5) is 0 Å². The molecule has 5 heteroatoms. The zero-order valence-corrected chi connectivity index (χ0v) is 10.1. The standard InChI is InChI=1S/C10H18N2O2S/c1-9(2)12-4-3-11(10(12)13)5-6-14-7-8-15/h3-4,9,15H,5-8H2,1-2H3. The highest BCUT2D eigenvalue weighted by molar-refractivity contribution is 7.80. The highest BCUT2D eigenvalue weighted by Gasteiger charge is 2.05. The van der Waals surface area contributed by atoms with E-state index in [1.54, 1.807) is 15.3 Å². The number of hydrogen-bond donors (Lipinski definition) is 1. The van der Waals surface area contributed by atoms with Crippen LogP contribution in [0.5, 0.6) is 0 Å². The Hall–Kier alpha value is -0.680. The van der Waals surface area contributed by atoms with E-state index < -0.39 is 0 Å². The molecule has 1 heterocycles. The van der Waals surface area contributed by atoms with Gasteiger partial charge in [-0.2, -0.15) is 12.6 Å². The lowest BCUT2D eigenvalue weighted by molar-refractivity contribution is 0.140. The summed E-state index contributed by atoms with van der Waals surface area (Å²) < 4.78 is 8.64. The molecule has 86 valence electrons. The van der Waals surface area contributed by atoms with Crippen LogP contribution < -0.4 is 5.69 Å². The lowest BCUT2D eigenvalue weighted by Gasteiger charge is -2.05. The quantitative estimate of drug-likeness (QED) is 0.588. The molecule has 0 saturated heterocycles. The number of ether oxygens (including phenoxy) is 1. The van der Waals surface area contributed by atoms with Gasteiger partial charge in [0.1, 0.15) is 0 Å². The highest BCUT2D eigenvalue weighted by Crippen LogP contribution is 1.98. The van der Waals surface area contributed by atoms with Crippen LogP contribution in [0.25, 0.3) is 0 Å². The predicted octanol–water partition coefficient (Wildman–Crippen LogP) is 1.18. The maximum atomic E-state index is 11.7. The largest absolute Gasteiger partial charge is 0.379 e. The summed E-state index contributed by atoms with van der Waals surface area (Å²) in [6.45, 7) is 5.77. The molecule has 0 aliphatic rings. The number of hydrogen-bond acceptors (Lipinski definition) is 3. The van der Waals surface area contributed by atoms with E-state index in [4.69, 9.17) is 4.74 Å². The van der Waals surface area contributed by atoms with E-state index in [0.29, 0.717) is 25.5 Å². The van der Waals surface area contributed by atoms with Crippen molar-refractivity contribution < 1.29 is 4.74 Å². The molecular formula is C10H18N2O2S. The molecule has 1 aromatic heterocycles. The molecule has 0 bridgehead atoms. The average Bonchev–Trinajstić information content (AvgIpc) is 2.55. The van der Waals surface area contributed by atoms with Gasteiger partial charge in [-0.25, -0.2) is 4.79 Å². The first-order valence-electron chi connectivity index (χ1n) is 5.12. The van der Waals surface area contributed by atoms with Crippen molar-refractivity contribution in [2.75, 3.05) is 19.0 Å². The molecule has 0 fully saturated rings. The van der Waals surface area contributed by atoms with Crippen molar-refractivity contribution in [2.24, 2.45) is 0 Å². The minimum absolute atomic E-state index is 0.0273. The molecule has 0 radical (unpaired) electrons. The van der Waals surface area contributed by atoms with Gasteiger partial charge in [0.15, 0.2) is 0 Å². The summed E-state index contributed by atoms with van der Waals surface area (Å²) in [5, 5.41) is 0. The van der Waals surface area contributed by atoms with Gasteiger partial charge < -0.3 is 4.74 Å². The van der Waals surface area contributed by atoms with Gasteiger partial charge in [0.25, 0.3) is 0 Å². The van der Waals surface area contributed by atoms with Gasteiger partial charge in [-0.15, -0.1) is 0 Å². The van der Waals surface area contributed by atoms with Crippen molar-refractivity contribution in [3.05, 3.63) is 22.9 Å². The summed E-state index contributed by atoms with van der Waals surface area (Å²) in [4.78, 5) is 11.7. The van der Waals surface area contributed by atoms with Crippen molar-refractivity contribution in [3.8, 4) is 0 Å². The average molecular weight is 230 g/mol. The van der Waals surface area contributed by atoms with Crippen molar-refractivity contribution >= 4 is 12.6 Å². The van der Waals surface area contributed by atoms with E-state index >= 15 is 0 Å². The first kappa shape index (κ1) is 12.4. The van der Waals surface area contributed by atoms with Crippen LogP contribution in [0.1, 0.15) is 19.9 Å². The van der Waals surface area contributed by atoms with Crippen LogP contribution in [-0.2, 0) is 11.3 Å². The van der Waals surface area contributed by atoms with E-state index in [9.17, 15) is 4.79 Å². The van der Waals surface area contributed by atoms with Crippen molar-refractivity contribution in [2.45, 2.75) is 26.4 Å². The molecule has 0 unspecified atom stereocenters. The fraction of sp³-hybridized carbons (Fsp3) is 0.700. The van der Waals surface area contributed by atoms with Gasteiger partial charge >= 0.3 is 5.69 Å². The third kappa shape index (κ3) is 3.43. The summed E-state index contributed by atoms with van der Waals surface area (Å²) in [6, 6.07) is 0.206. The topological polar surface area (TPSA) is 36.2 Å². The van der Waals surface area contributed by atoms with Crippen molar-refractivity contribution in [3.63, 3.8) is 0 Å². The maximum Gasteiger partial charge on any atom is 0.328 e. The molecule has 1 rings (SSSR count). The molecule has 4 nitrogen and oxygen atoms in total. The normalized spacial score (nSPS) is 11.2. The number of aromatic nitrogens is 2. The van der Waals surface area contributed by atoms with Crippen LogP contribution in [0, 0.1) is 0 Å². The Bertz CT molecular complexity index is 343. The van der Waals surface area contributed by atoms with Gasteiger partial charge in [0.05, 0.1) is 19.8 Å². The molecule has 0 atom stereocenters. The molecule has 1 aromatic rings. The Morgan fingerprint density at radius 1 is 1.40 bits per heavy atom. The van der Waals surface area contributed by atoms with Gasteiger partial charge in [0.2, 0.25) is 0 Å². The molecule has 0 saturated carbocycles. The minimum Gasteiger partial charge on any atom is -0.379 e. The van der Waals surface area contributed by atoms with Crippen LogP contribution >= 0.6 is 12.6 Å². The Balaban J connectivity index is 2.52. The minimum atomic E-state index is 0.0273. The Labute approximate surface area is 95.3 Å². The number of imidazole rings is 1. The van der Waals surface area contributed by atoms with Crippen LogP contribution in [0.3, 0.4) is 0 Å². The predicted molar refractivity (Wildman–Crippen MR) is 63.7 cm³/mol. The lowest BCUT2D eigenvalue weighted by Crippen LogP contribution is -2.26. The monoisotopic (exact) mass is 230 g/mol. The Kier molecular flexibility index (Phi) is 4.98. The third-order valence-corrected chi connectivity index (χ3v) is 2.32. The number of thiol groups is 1. The zero-order chi connectivity index (χ0) is 11.3. The fourth-order valence-electron chi connectivity index (χ4n) is 1.32. The molecular weight excluding hydrogens is 212 g/mol.